The van der Waals surface area contributed by atoms with Crippen molar-refractivity contribution in [1.82, 2.24) is 0 Å². The minimum Gasteiger partial charge on any atom is -0.423 e. The Bertz CT molecular complexity index is 678. The third kappa shape index (κ3) is 3.63. The van der Waals surface area contributed by atoms with Gasteiger partial charge in [0.1, 0.15) is 0 Å². The van der Waals surface area contributed by atoms with Gasteiger partial charge in [-0.25, -0.2) is 4.79 Å². The van der Waals surface area contributed by atoms with E-state index in [-0.39, 0.29) is 0 Å². The number of hydrogen-bond acceptors (Lipinski definition) is 2. The number of hydrogen-bond donors (Lipinski definition) is 0. The van der Waals surface area contributed by atoms with Crippen molar-refractivity contribution in [2.24, 2.45) is 0 Å². The summed E-state index contributed by atoms with van der Waals surface area (Å²) in [6.07, 6.45) is -15.5. The molecular formula is C11H3ClF16O2. The standard InChI is InChI=1S/C11H3ClF16O2/c1-2-3(29)30-4(12,10(23,24)25)5(13,14)6(15,16)7(17,18)8(19,20)9(21,22)11(26,27)28/h2H,1H2. The lowest BCUT2D eigenvalue weighted by atomic mass is 9.91. The van der Waals surface area contributed by atoms with Crippen molar-refractivity contribution >= 4 is 17.6 Å². The lowest BCUT2D eigenvalue weighted by Crippen LogP contribution is -2.75. The molecule has 178 valence electrons. The second-order valence-electron chi connectivity index (χ2n) is 5.09. The molecule has 1 atom stereocenters. The van der Waals surface area contributed by atoms with Crippen molar-refractivity contribution in [2.75, 3.05) is 0 Å². The van der Waals surface area contributed by atoms with Crippen LogP contribution in [0.1, 0.15) is 0 Å². The molecule has 0 saturated heterocycles. The number of alkyl halides is 17. The van der Waals surface area contributed by atoms with Crippen LogP contribution < -0.4 is 0 Å². The number of esters is 1. The molecule has 0 radical (unpaired) electrons. The third-order valence-corrected chi connectivity index (χ3v) is 3.64. The SMILES string of the molecule is C=CC(=O)OC(Cl)(C(F)(F)F)C(F)(F)C(F)(F)C(F)(F)C(F)(F)C(F)(F)C(F)(F)F. The smallest absolute Gasteiger partial charge is 0.423 e. The quantitative estimate of drug-likeness (QED) is 0.185. The van der Waals surface area contributed by atoms with Gasteiger partial charge in [0.05, 0.1) is 0 Å². The Balaban J connectivity index is 6.94. The van der Waals surface area contributed by atoms with Crippen molar-refractivity contribution in [3.63, 3.8) is 0 Å². The predicted octanol–water partition coefficient (Wildman–Crippen LogP) is 5.95. The van der Waals surface area contributed by atoms with Gasteiger partial charge in [-0.2, -0.15) is 70.2 Å². The van der Waals surface area contributed by atoms with E-state index in [1.54, 1.807) is 0 Å². The summed E-state index contributed by atoms with van der Waals surface area (Å²) in [5.41, 5.74) is 0. The van der Waals surface area contributed by atoms with Crippen LogP contribution in [0.5, 0.6) is 0 Å². The van der Waals surface area contributed by atoms with Crippen LogP contribution >= 0.6 is 11.6 Å². The average Bonchev–Trinajstić information content (AvgIpc) is 2.51. The number of ether oxygens (including phenoxy) is 1. The van der Waals surface area contributed by atoms with E-state index in [2.05, 4.69) is 22.9 Å². The molecule has 0 aromatic carbocycles. The van der Waals surface area contributed by atoms with Crippen LogP contribution in [-0.4, -0.2) is 53.0 Å². The molecule has 0 fully saturated rings. The maximum atomic E-state index is 13.7. The largest absolute Gasteiger partial charge is 0.460 e. The van der Waals surface area contributed by atoms with Gasteiger partial charge in [0, 0.05) is 6.08 Å². The predicted molar refractivity (Wildman–Crippen MR) is 61.7 cm³/mol. The van der Waals surface area contributed by atoms with Gasteiger partial charge >= 0.3 is 53.0 Å². The minimum atomic E-state index is -8.56. The molecule has 0 aromatic heterocycles. The fourth-order valence-corrected chi connectivity index (χ4v) is 1.65. The molecule has 0 heterocycles. The van der Waals surface area contributed by atoms with E-state index in [0.717, 1.165) is 0 Å². The summed E-state index contributed by atoms with van der Waals surface area (Å²) >= 11 is 3.99. The zero-order valence-corrected chi connectivity index (χ0v) is 13.8. The molecule has 2 nitrogen and oxygen atoms in total. The second-order valence-corrected chi connectivity index (χ2v) is 5.62. The van der Waals surface area contributed by atoms with Crippen LogP contribution in [0.15, 0.2) is 12.7 Å². The first-order valence-corrected chi connectivity index (χ1v) is 6.65. The summed E-state index contributed by atoms with van der Waals surface area (Å²) in [5.74, 6) is -44.4. The number of carbonyl (C=O) groups is 1. The van der Waals surface area contributed by atoms with Gasteiger partial charge in [-0.1, -0.05) is 18.2 Å². The van der Waals surface area contributed by atoms with Gasteiger partial charge in [0.25, 0.3) is 0 Å². The summed E-state index contributed by atoms with van der Waals surface area (Å²) < 4.78 is 209. The molecule has 0 saturated carbocycles. The van der Waals surface area contributed by atoms with Crippen LogP contribution in [0.3, 0.4) is 0 Å². The molecule has 0 bridgehead atoms. The molecule has 0 aromatic rings. The van der Waals surface area contributed by atoms with Gasteiger partial charge in [-0.05, 0) is 0 Å². The molecule has 0 rings (SSSR count). The van der Waals surface area contributed by atoms with Crippen LogP contribution in [0.25, 0.3) is 0 Å². The Morgan fingerprint density at radius 3 is 1.17 bits per heavy atom. The summed E-state index contributed by atoms with van der Waals surface area (Å²) in [6.45, 7) is 2.29. The highest BCUT2D eigenvalue weighted by Gasteiger charge is 2.95. The Kier molecular flexibility index (Phi) is 6.83. The van der Waals surface area contributed by atoms with E-state index in [0.29, 0.717) is 0 Å². The Labute approximate surface area is 158 Å². The van der Waals surface area contributed by atoms with Crippen molar-refractivity contribution in [3.8, 4) is 0 Å². The van der Waals surface area contributed by atoms with E-state index in [9.17, 15) is 75.0 Å². The van der Waals surface area contributed by atoms with Gasteiger partial charge < -0.3 is 4.74 Å². The molecule has 0 spiro atoms. The maximum absolute atomic E-state index is 13.7. The summed E-state index contributed by atoms with van der Waals surface area (Å²) in [5, 5.41) is -6.65. The van der Waals surface area contributed by atoms with Crippen LogP contribution in [0, 0.1) is 0 Å². The molecule has 0 aliphatic carbocycles. The maximum Gasteiger partial charge on any atom is 0.460 e. The molecule has 1 unspecified atom stereocenters. The zero-order chi connectivity index (χ0) is 25.0. The second kappa shape index (κ2) is 7.22. The Hall–Kier alpha value is -1.62. The molecule has 0 amide bonds. The van der Waals surface area contributed by atoms with Crippen LogP contribution in [0.4, 0.5) is 70.2 Å². The average molecular weight is 507 g/mol. The first-order chi connectivity index (χ1) is 12.7. The fraction of sp³-hybridized carbons (Fsp3) is 0.727. The zero-order valence-electron chi connectivity index (χ0n) is 13.0. The number of rotatable bonds is 7. The van der Waals surface area contributed by atoms with Crippen molar-refractivity contribution in [2.45, 2.75) is 47.0 Å². The highest BCUT2D eigenvalue weighted by molar-refractivity contribution is 6.25. The van der Waals surface area contributed by atoms with E-state index < -0.39 is 59.1 Å². The summed E-state index contributed by atoms with van der Waals surface area (Å²) in [6, 6.07) is 0. The van der Waals surface area contributed by atoms with E-state index in [1.807, 2.05) is 0 Å². The molecule has 19 heteroatoms. The molecule has 30 heavy (non-hydrogen) atoms. The van der Waals surface area contributed by atoms with Crippen molar-refractivity contribution in [1.29, 1.82) is 0 Å². The molecule has 0 N–H and O–H groups in total. The Morgan fingerprint density at radius 2 is 0.900 bits per heavy atom. The van der Waals surface area contributed by atoms with Gasteiger partial charge in [-0.15, -0.1) is 0 Å². The minimum absolute atomic E-state index is 0.484. The lowest BCUT2D eigenvalue weighted by Gasteiger charge is -2.44. The first kappa shape index (κ1) is 28.4. The fourth-order valence-electron chi connectivity index (χ4n) is 1.45. The number of halogens is 17. The first-order valence-electron chi connectivity index (χ1n) is 6.27. The van der Waals surface area contributed by atoms with E-state index in [1.165, 1.54) is 0 Å². The summed E-state index contributed by atoms with van der Waals surface area (Å²) in [4.78, 5) is 10.7. The van der Waals surface area contributed by atoms with Gasteiger partial charge in [0.2, 0.25) is 0 Å². The van der Waals surface area contributed by atoms with E-state index in [4.69, 9.17) is 0 Å². The summed E-state index contributed by atoms with van der Waals surface area (Å²) in [7, 11) is 0. The van der Waals surface area contributed by atoms with E-state index >= 15 is 0 Å². The molecular weight excluding hydrogens is 504 g/mol. The van der Waals surface area contributed by atoms with Crippen molar-refractivity contribution < 1.29 is 79.8 Å². The lowest BCUT2D eigenvalue weighted by molar-refractivity contribution is -0.454. The highest BCUT2D eigenvalue weighted by atomic mass is 35.5. The monoisotopic (exact) mass is 506 g/mol. The van der Waals surface area contributed by atoms with Crippen molar-refractivity contribution in [3.05, 3.63) is 12.7 Å². The van der Waals surface area contributed by atoms with Gasteiger partial charge in [0.15, 0.2) is 0 Å². The third-order valence-electron chi connectivity index (χ3n) is 3.11. The normalized spacial score (nSPS) is 17.4. The van der Waals surface area contributed by atoms with Gasteiger partial charge in [-0.3, -0.25) is 0 Å². The van der Waals surface area contributed by atoms with Crippen LogP contribution in [0.2, 0.25) is 0 Å². The Morgan fingerprint density at radius 1 is 0.600 bits per heavy atom. The van der Waals surface area contributed by atoms with Crippen LogP contribution in [-0.2, 0) is 9.53 Å². The highest BCUT2D eigenvalue weighted by Crippen LogP contribution is 2.64. The topological polar surface area (TPSA) is 26.3 Å². The molecule has 0 aliphatic rings. The number of carbonyl (C=O) groups excluding carboxylic acids is 1. The molecule has 0 aliphatic heterocycles.